The molecule has 0 saturated heterocycles. The average molecular weight is 311 g/mol. The van der Waals surface area contributed by atoms with Crippen LogP contribution in [0.5, 0.6) is 0 Å². The van der Waals surface area contributed by atoms with E-state index in [4.69, 9.17) is 9.47 Å². The van der Waals surface area contributed by atoms with E-state index in [1.165, 1.54) is 0 Å². The maximum absolute atomic E-state index is 12.0. The molecule has 0 amide bonds. The van der Waals surface area contributed by atoms with E-state index in [1.54, 1.807) is 19.1 Å². The average Bonchev–Trinajstić information content (AvgIpc) is 2.52. The van der Waals surface area contributed by atoms with Gasteiger partial charge in [0.05, 0.1) is 12.7 Å². The van der Waals surface area contributed by atoms with Gasteiger partial charge in [0.25, 0.3) is 0 Å². The highest BCUT2D eigenvalue weighted by Crippen LogP contribution is 2.23. The normalized spacial score (nSPS) is 24.7. The summed E-state index contributed by atoms with van der Waals surface area (Å²) < 4.78 is 10.8. The van der Waals surface area contributed by atoms with Crippen LogP contribution in [0.2, 0.25) is 0 Å². The zero-order valence-corrected chi connectivity index (χ0v) is 13.7. The van der Waals surface area contributed by atoms with Gasteiger partial charge in [-0.25, -0.2) is 4.79 Å². The van der Waals surface area contributed by atoms with Crippen LogP contribution in [0.1, 0.15) is 39.5 Å². The van der Waals surface area contributed by atoms with Crippen molar-refractivity contribution in [2.45, 2.75) is 57.8 Å². The SMILES string of the molecule is C=CCNC1CC(C(=O)OCC)=CC(OCCCCC)C1O. The number of carbonyl (C=O) groups is 1. The lowest BCUT2D eigenvalue weighted by Crippen LogP contribution is -2.50. The zero-order valence-electron chi connectivity index (χ0n) is 13.7. The predicted octanol–water partition coefficient (Wildman–Crippen LogP) is 1.96. The van der Waals surface area contributed by atoms with Crippen molar-refractivity contribution >= 4 is 5.97 Å². The molecular weight excluding hydrogens is 282 g/mol. The highest BCUT2D eigenvalue weighted by Gasteiger charge is 2.34. The van der Waals surface area contributed by atoms with Crippen LogP contribution in [0.3, 0.4) is 0 Å². The topological polar surface area (TPSA) is 67.8 Å². The fraction of sp³-hybridized carbons (Fsp3) is 0.706. The van der Waals surface area contributed by atoms with E-state index in [9.17, 15) is 9.90 Å². The number of carbonyl (C=O) groups excluding carboxylic acids is 1. The summed E-state index contributed by atoms with van der Waals surface area (Å²) in [6.45, 7) is 9.06. The molecule has 3 unspecified atom stereocenters. The molecule has 0 aromatic heterocycles. The Bertz CT molecular complexity index is 381. The van der Waals surface area contributed by atoms with Crippen molar-refractivity contribution in [3.05, 3.63) is 24.3 Å². The Morgan fingerprint density at radius 1 is 1.50 bits per heavy atom. The first-order valence-electron chi connectivity index (χ1n) is 8.15. The molecule has 0 aromatic carbocycles. The molecule has 1 aliphatic carbocycles. The van der Waals surface area contributed by atoms with E-state index < -0.39 is 12.2 Å². The van der Waals surface area contributed by atoms with E-state index >= 15 is 0 Å². The molecule has 1 aliphatic rings. The molecule has 0 spiro atoms. The highest BCUT2D eigenvalue weighted by atomic mass is 16.5. The molecule has 3 atom stereocenters. The first-order chi connectivity index (χ1) is 10.6. The number of esters is 1. The van der Waals surface area contributed by atoms with Crippen molar-refractivity contribution < 1.29 is 19.4 Å². The minimum Gasteiger partial charge on any atom is -0.463 e. The summed E-state index contributed by atoms with van der Waals surface area (Å²) in [6.07, 6.45) is 5.87. The summed E-state index contributed by atoms with van der Waals surface area (Å²) in [7, 11) is 0. The molecule has 5 nitrogen and oxygen atoms in total. The molecule has 0 heterocycles. The van der Waals surface area contributed by atoms with Crippen LogP contribution < -0.4 is 5.32 Å². The van der Waals surface area contributed by atoms with Gasteiger partial charge < -0.3 is 19.9 Å². The van der Waals surface area contributed by atoms with Crippen LogP contribution in [0.25, 0.3) is 0 Å². The van der Waals surface area contributed by atoms with Gasteiger partial charge >= 0.3 is 5.97 Å². The monoisotopic (exact) mass is 311 g/mol. The van der Waals surface area contributed by atoms with Crippen molar-refractivity contribution in [2.24, 2.45) is 0 Å². The van der Waals surface area contributed by atoms with E-state index in [0.717, 1.165) is 19.3 Å². The van der Waals surface area contributed by atoms with E-state index in [2.05, 4.69) is 18.8 Å². The number of hydrogen-bond acceptors (Lipinski definition) is 5. The van der Waals surface area contributed by atoms with Crippen LogP contribution in [-0.2, 0) is 14.3 Å². The first-order valence-corrected chi connectivity index (χ1v) is 8.15. The number of aliphatic hydroxyl groups is 1. The lowest BCUT2D eigenvalue weighted by Gasteiger charge is -2.33. The standard InChI is InChI=1S/C17H29NO4/c1-4-7-8-10-22-15-12-13(17(20)21-6-3)11-14(16(15)19)18-9-5-2/h5,12,14-16,18-19H,2,4,6-11H2,1,3H3. The molecule has 126 valence electrons. The number of unbranched alkanes of at least 4 members (excludes halogenated alkanes) is 2. The maximum atomic E-state index is 12.0. The molecule has 0 fully saturated rings. The lowest BCUT2D eigenvalue weighted by atomic mass is 9.90. The fourth-order valence-corrected chi connectivity index (χ4v) is 2.47. The largest absolute Gasteiger partial charge is 0.463 e. The van der Waals surface area contributed by atoms with Gasteiger partial charge in [-0.2, -0.15) is 0 Å². The molecule has 0 bridgehead atoms. The lowest BCUT2D eigenvalue weighted by molar-refractivity contribution is -0.139. The minimum atomic E-state index is -0.681. The maximum Gasteiger partial charge on any atom is 0.333 e. The summed E-state index contributed by atoms with van der Waals surface area (Å²) >= 11 is 0. The summed E-state index contributed by atoms with van der Waals surface area (Å²) in [5.41, 5.74) is 0.564. The number of aliphatic hydroxyl groups excluding tert-OH is 1. The van der Waals surface area contributed by atoms with Crippen molar-refractivity contribution in [3.63, 3.8) is 0 Å². The Hall–Kier alpha value is -1.17. The quantitative estimate of drug-likeness (QED) is 0.367. The fourth-order valence-electron chi connectivity index (χ4n) is 2.47. The van der Waals surface area contributed by atoms with Gasteiger partial charge in [-0.3, -0.25) is 0 Å². The Balaban J connectivity index is 2.72. The number of ether oxygens (including phenoxy) is 2. The summed E-state index contributed by atoms with van der Waals surface area (Å²) in [5.74, 6) is -0.332. The van der Waals surface area contributed by atoms with Crippen LogP contribution >= 0.6 is 0 Å². The van der Waals surface area contributed by atoms with Gasteiger partial charge in [-0.05, 0) is 25.8 Å². The first kappa shape index (κ1) is 18.9. The second kappa shape index (κ2) is 10.5. The van der Waals surface area contributed by atoms with Gasteiger partial charge in [-0.1, -0.05) is 25.8 Å². The molecule has 0 radical (unpaired) electrons. The minimum absolute atomic E-state index is 0.237. The van der Waals surface area contributed by atoms with Crippen LogP contribution in [0.15, 0.2) is 24.3 Å². The van der Waals surface area contributed by atoms with Gasteiger partial charge in [0.1, 0.15) is 6.10 Å². The number of hydrogen-bond donors (Lipinski definition) is 2. The van der Waals surface area contributed by atoms with Crippen molar-refractivity contribution in [1.29, 1.82) is 0 Å². The summed E-state index contributed by atoms with van der Waals surface area (Å²) in [4.78, 5) is 12.0. The summed E-state index contributed by atoms with van der Waals surface area (Å²) in [6, 6.07) is -0.237. The number of rotatable bonds is 10. The third-order valence-electron chi connectivity index (χ3n) is 3.67. The molecule has 5 heteroatoms. The van der Waals surface area contributed by atoms with Crippen molar-refractivity contribution in [1.82, 2.24) is 5.32 Å². The molecule has 0 aliphatic heterocycles. The number of nitrogens with one attached hydrogen (secondary N) is 1. The second-order valence-corrected chi connectivity index (χ2v) is 5.45. The molecule has 22 heavy (non-hydrogen) atoms. The van der Waals surface area contributed by atoms with E-state index in [1.807, 2.05) is 0 Å². The van der Waals surface area contributed by atoms with Gasteiger partial charge in [-0.15, -0.1) is 6.58 Å². The predicted molar refractivity (Wildman–Crippen MR) is 86.6 cm³/mol. The smallest absolute Gasteiger partial charge is 0.333 e. The van der Waals surface area contributed by atoms with Crippen LogP contribution in [-0.4, -0.2) is 49.1 Å². The molecule has 1 rings (SSSR count). The molecule has 0 saturated carbocycles. The molecule has 2 N–H and O–H groups in total. The summed E-state index contributed by atoms with van der Waals surface area (Å²) in [5, 5.41) is 13.6. The van der Waals surface area contributed by atoms with Crippen molar-refractivity contribution in [3.8, 4) is 0 Å². The van der Waals surface area contributed by atoms with E-state index in [0.29, 0.717) is 31.8 Å². The van der Waals surface area contributed by atoms with Crippen LogP contribution in [0.4, 0.5) is 0 Å². The molecule has 0 aromatic rings. The Morgan fingerprint density at radius 2 is 2.27 bits per heavy atom. The Morgan fingerprint density at radius 3 is 2.91 bits per heavy atom. The van der Waals surface area contributed by atoms with E-state index in [-0.39, 0.29) is 12.0 Å². The Kier molecular flexibility index (Phi) is 9.04. The van der Waals surface area contributed by atoms with Gasteiger partial charge in [0.2, 0.25) is 0 Å². The second-order valence-electron chi connectivity index (χ2n) is 5.45. The molecular formula is C17H29NO4. The Labute approximate surface area is 133 Å². The van der Waals surface area contributed by atoms with Crippen molar-refractivity contribution in [2.75, 3.05) is 19.8 Å². The third-order valence-corrected chi connectivity index (χ3v) is 3.67. The zero-order chi connectivity index (χ0) is 16.4. The van der Waals surface area contributed by atoms with Gasteiger partial charge in [0, 0.05) is 24.8 Å². The van der Waals surface area contributed by atoms with Gasteiger partial charge in [0.15, 0.2) is 0 Å². The van der Waals surface area contributed by atoms with Crippen LogP contribution in [0, 0.1) is 0 Å². The highest BCUT2D eigenvalue weighted by molar-refractivity contribution is 5.89. The third kappa shape index (κ3) is 5.91.